The van der Waals surface area contributed by atoms with Gasteiger partial charge in [0.1, 0.15) is 0 Å². The molecular formula is C17H21N3S. The quantitative estimate of drug-likeness (QED) is 0.693. The van der Waals surface area contributed by atoms with Crippen molar-refractivity contribution in [3.8, 4) is 0 Å². The van der Waals surface area contributed by atoms with E-state index in [-0.39, 0.29) is 0 Å². The van der Waals surface area contributed by atoms with E-state index < -0.39 is 0 Å². The summed E-state index contributed by atoms with van der Waals surface area (Å²) in [6.07, 6.45) is 6.83. The Kier molecular flexibility index (Phi) is 4.36. The second kappa shape index (κ2) is 6.41. The van der Waals surface area contributed by atoms with E-state index in [9.17, 15) is 0 Å². The van der Waals surface area contributed by atoms with Gasteiger partial charge in [-0.2, -0.15) is 0 Å². The van der Waals surface area contributed by atoms with Crippen molar-refractivity contribution in [1.82, 2.24) is 14.9 Å². The zero-order chi connectivity index (χ0) is 14.7. The Hall–Kier alpha value is -1.65. The van der Waals surface area contributed by atoms with Gasteiger partial charge >= 0.3 is 0 Å². The van der Waals surface area contributed by atoms with Crippen molar-refractivity contribution >= 4 is 21.4 Å². The summed E-state index contributed by atoms with van der Waals surface area (Å²) in [7, 11) is 0. The molecule has 4 heteroatoms. The molecule has 21 heavy (non-hydrogen) atoms. The van der Waals surface area contributed by atoms with E-state index >= 15 is 0 Å². The average Bonchev–Trinajstić information content (AvgIpc) is 3.12. The predicted octanol–water partition coefficient (Wildman–Crippen LogP) is 4.15. The van der Waals surface area contributed by atoms with Crippen molar-refractivity contribution in [2.45, 2.75) is 32.9 Å². The smallest absolute Gasteiger partial charge is 0.0945 e. The van der Waals surface area contributed by atoms with Gasteiger partial charge in [-0.05, 0) is 43.8 Å². The maximum absolute atomic E-state index is 4.06. The lowest BCUT2D eigenvalue weighted by Crippen LogP contribution is -2.20. The molecule has 2 heterocycles. The lowest BCUT2D eigenvalue weighted by molar-refractivity contribution is 0.530. The average molecular weight is 299 g/mol. The van der Waals surface area contributed by atoms with Crippen LogP contribution in [0.25, 0.3) is 10.1 Å². The van der Waals surface area contributed by atoms with Crippen molar-refractivity contribution in [1.29, 1.82) is 0 Å². The monoisotopic (exact) mass is 299 g/mol. The van der Waals surface area contributed by atoms with Gasteiger partial charge in [-0.1, -0.05) is 18.2 Å². The van der Waals surface area contributed by atoms with Gasteiger partial charge in [0.2, 0.25) is 0 Å². The maximum atomic E-state index is 4.06. The number of rotatable bonds is 6. The van der Waals surface area contributed by atoms with Gasteiger partial charge < -0.3 is 9.88 Å². The summed E-state index contributed by atoms with van der Waals surface area (Å²) in [4.78, 5) is 5.52. The van der Waals surface area contributed by atoms with Crippen LogP contribution in [0.1, 0.15) is 29.8 Å². The number of imidazole rings is 1. The standard InChI is InChI=1S/C17H21N3S/c1-13-15-6-3-4-7-16(15)21-17(13)14(2)19-8-5-10-20-11-9-18-12-20/h3-4,6-7,9,11-12,14,19H,5,8,10H2,1-2H3. The fraction of sp³-hybridized carbons (Fsp3) is 0.353. The number of aromatic nitrogens is 2. The second-order valence-corrected chi connectivity index (χ2v) is 6.50. The van der Waals surface area contributed by atoms with Crippen LogP contribution < -0.4 is 5.32 Å². The van der Waals surface area contributed by atoms with E-state index in [1.54, 1.807) is 0 Å². The number of nitrogens with one attached hydrogen (secondary N) is 1. The molecule has 1 N–H and O–H groups in total. The molecule has 0 bridgehead atoms. The van der Waals surface area contributed by atoms with Crippen molar-refractivity contribution < 1.29 is 0 Å². The number of fused-ring (bicyclic) bond motifs is 1. The van der Waals surface area contributed by atoms with Crippen LogP contribution in [-0.2, 0) is 6.54 Å². The molecule has 0 fully saturated rings. The normalized spacial score (nSPS) is 12.9. The largest absolute Gasteiger partial charge is 0.337 e. The summed E-state index contributed by atoms with van der Waals surface area (Å²) in [5, 5.41) is 5.03. The second-order valence-electron chi connectivity index (χ2n) is 5.42. The summed E-state index contributed by atoms with van der Waals surface area (Å²) in [5.74, 6) is 0. The molecule has 2 aromatic heterocycles. The molecule has 3 aromatic rings. The molecule has 0 aliphatic carbocycles. The molecule has 0 spiro atoms. The van der Waals surface area contributed by atoms with Crippen LogP contribution in [0.4, 0.5) is 0 Å². The third-order valence-corrected chi connectivity index (χ3v) is 5.33. The molecule has 110 valence electrons. The molecule has 0 aliphatic rings. The zero-order valence-corrected chi connectivity index (χ0v) is 13.4. The van der Waals surface area contributed by atoms with Gasteiger partial charge in [-0.15, -0.1) is 11.3 Å². The highest BCUT2D eigenvalue weighted by atomic mass is 32.1. The van der Waals surface area contributed by atoms with Gasteiger partial charge in [-0.25, -0.2) is 4.98 Å². The van der Waals surface area contributed by atoms with E-state index in [2.05, 4.69) is 53.0 Å². The van der Waals surface area contributed by atoms with Gasteiger partial charge in [0, 0.05) is 34.6 Å². The fourth-order valence-corrected chi connectivity index (χ4v) is 3.94. The molecule has 0 amide bonds. The molecule has 1 atom stereocenters. The van der Waals surface area contributed by atoms with E-state index in [0.29, 0.717) is 6.04 Å². The molecule has 1 aromatic carbocycles. The minimum Gasteiger partial charge on any atom is -0.337 e. The maximum Gasteiger partial charge on any atom is 0.0945 e. The van der Waals surface area contributed by atoms with Crippen LogP contribution in [0.2, 0.25) is 0 Å². The number of benzene rings is 1. The first-order valence-corrected chi connectivity index (χ1v) is 8.24. The number of nitrogens with zero attached hydrogens (tertiary/aromatic N) is 2. The van der Waals surface area contributed by atoms with Gasteiger partial charge in [0.05, 0.1) is 6.33 Å². The van der Waals surface area contributed by atoms with Crippen molar-refractivity contribution in [3.05, 3.63) is 53.4 Å². The molecule has 0 saturated carbocycles. The molecule has 3 rings (SSSR count). The van der Waals surface area contributed by atoms with Crippen molar-refractivity contribution in [3.63, 3.8) is 0 Å². The van der Waals surface area contributed by atoms with Crippen LogP contribution in [0.5, 0.6) is 0 Å². The Morgan fingerprint density at radius 2 is 2.19 bits per heavy atom. The summed E-state index contributed by atoms with van der Waals surface area (Å²) in [6, 6.07) is 9.07. The van der Waals surface area contributed by atoms with Crippen molar-refractivity contribution in [2.24, 2.45) is 0 Å². The third kappa shape index (κ3) is 3.17. The summed E-state index contributed by atoms with van der Waals surface area (Å²) in [6.45, 7) is 6.53. The molecule has 0 radical (unpaired) electrons. The van der Waals surface area contributed by atoms with Crippen LogP contribution in [-0.4, -0.2) is 16.1 Å². The Morgan fingerprint density at radius 3 is 2.95 bits per heavy atom. The van der Waals surface area contributed by atoms with Gasteiger partial charge in [-0.3, -0.25) is 0 Å². The Morgan fingerprint density at radius 1 is 1.33 bits per heavy atom. The van der Waals surface area contributed by atoms with E-state index in [4.69, 9.17) is 0 Å². The molecule has 1 unspecified atom stereocenters. The van der Waals surface area contributed by atoms with Crippen LogP contribution in [0, 0.1) is 6.92 Å². The lowest BCUT2D eigenvalue weighted by atomic mass is 10.1. The minimum absolute atomic E-state index is 0.408. The van der Waals surface area contributed by atoms with Crippen LogP contribution in [0.3, 0.4) is 0 Å². The van der Waals surface area contributed by atoms with Crippen LogP contribution in [0.15, 0.2) is 43.0 Å². The third-order valence-electron chi connectivity index (χ3n) is 3.88. The molecule has 0 saturated heterocycles. The summed E-state index contributed by atoms with van der Waals surface area (Å²) in [5.41, 5.74) is 1.42. The molecular weight excluding hydrogens is 278 g/mol. The Balaban J connectivity index is 1.59. The first-order valence-electron chi connectivity index (χ1n) is 7.43. The topological polar surface area (TPSA) is 29.9 Å². The number of aryl methyl sites for hydroxylation is 2. The molecule has 0 aliphatic heterocycles. The number of hydrogen-bond acceptors (Lipinski definition) is 3. The Labute approximate surface area is 129 Å². The fourth-order valence-electron chi connectivity index (χ4n) is 2.70. The number of thiophene rings is 1. The van der Waals surface area contributed by atoms with Gasteiger partial charge in [0.25, 0.3) is 0 Å². The van der Waals surface area contributed by atoms with Crippen molar-refractivity contribution in [2.75, 3.05) is 6.54 Å². The molecule has 3 nitrogen and oxygen atoms in total. The van der Waals surface area contributed by atoms with Crippen LogP contribution >= 0.6 is 11.3 Å². The van der Waals surface area contributed by atoms with E-state index in [1.807, 2.05) is 30.1 Å². The summed E-state index contributed by atoms with van der Waals surface area (Å²) >= 11 is 1.91. The SMILES string of the molecule is Cc1c(C(C)NCCCn2ccnc2)sc2ccccc12. The predicted molar refractivity (Wildman–Crippen MR) is 89.8 cm³/mol. The summed E-state index contributed by atoms with van der Waals surface area (Å²) < 4.78 is 3.51. The highest BCUT2D eigenvalue weighted by molar-refractivity contribution is 7.19. The first kappa shape index (κ1) is 14.3. The Bertz CT molecular complexity index is 700. The van der Waals surface area contributed by atoms with E-state index in [0.717, 1.165) is 19.5 Å². The lowest BCUT2D eigenvalue weighted by Gasteiger charge is -2.13. The highest BCUT2D eigenvalue weighted by Crippen LogP contribution is 2.34. The first-order chi connectivity index (χ1) is 10.3. The number of hydrogen-bond donors (Lipinski definition) is 1. The zero-order valence-electron chi connectivity index (χ0n) is 12.5. The van der Waals surface area contributed by atoms with Gasteiger partial charge in [0.15, 0.2) is 0 Å². The van der Waals surface area contributed by atoms with E-state index in [1.165, 1.54) is 20.5 Å². The highest BCUT2D eigenvalue weighted by Gasteiger charge is 2.13. The minimum atomic E-state index is 0.408.